The highest BCUT2D eigenvalue weighted by Gasteiger charge is 2.24. The Morgan fingerprint density at radius 3 is 2.25 bits per heavy atom. The fourth-order valence-corrected chi connectivity index (χ4v) is 1.67. The van der Waals surface area contributed by atoms with Gasteiger partial charge in [-0.2, -0.15) is 0 Å². The third-order valence-corrected chi connectivity index (χ3v) is 3.98. The minimum Gasteiger partial charge on any atom is -0.466 e. The molecule has 1 heterocycles. The van der Waals surface area contributed by atoms with Crippen molar-refractivity contribution in [2.75, 3.05) is 5.33 Å². The van der Waals surface area contributed by atoms with Crippen LogP contribution in [0, 0.1) is 20.8 Å². The van der Waals surface area contributed by atoms with E-state index in [0.29, 0.717) is 16.7 Å². The Hall–Kier alpha value is -0.770. The number of nitrogens with one attached hydrogen (secondary N) is 1. The zero-order chi connectivity index (χ0) is 12.5. The molecule has 1 rings (SSSR count). The number of halogens is 1. The first-order valence-corrected chi connectivity index (χ1v) is 6.35. The number of alkyl halides is 1. The summed E-state index contributed by atoms with van der Waals surface area (Å²) in [5.41, 5.74) is 1.31. The molecule has 90 valence electrons. The zero-order valence-corrected chi connectivity index (χ0v) is 12.0. The quantitative estimate of drug-likeness (QED) is 0.868. The van der Waals surface area contributed by atoms with E-state index in [1.54, 1.807) is 0 Å². The van der Waals surface area contributed by atoms with Gasteiger partial charge in [0.15, 0.2) is 0 Å². The Labute approximate surface area is 105 Å². The molecule has 1 amide bonds. The van der Waals surface area contributed by atoms with Crippen molar-refractivity contribution in [3.05, 3.63) is 22.6 Å². The lowest BCUT2D eigenvalue weighted by Gasteiger charge is -2.23. The molecule has 0 aliphatic carbocycles. The lowest BCUT2D eigenvalue weighted by molar-refractivity contribution is 0.0919. The monoisotopic (exact) mass is 287 g/mol. The molecule has 3 nitrogen and oxygen atoms in total. The Kier molecular flexibility index (Phi) is 3.84. The normalized spacial score (nSPS) is 11.6. The minimum absolute atomic E-state index is 0.0729. The summed E-state index contributed by atoms with van der Waals surface area (Å²) in [6.07, 6.45) is 0. The van der Waals surface area contributed by atoms with Crippen LogP contribution in [-0.4, -0.2) is 16.8 Å². The van der Waals surface area contributed by atoms with Crippen molar-refractivity contribution in [2.45, 2.75) is 40.2 Å². The molecule has 1 aromatic rings. The highest BCUT2D eigenvalue weighted by molar-refractivity contribution is 9.09. The molecule has 16 heavy (non-hydrogen) atoms. The molecule has 1 aromatic heterocycles. The number of amides is 1. The lowest BCUT2D eigenvalue weighted by atomic mass is 10.1. The highest BCUT2D eigenvalue weighted by Crippen LogP contribution is 2.21. The predicted molar refractivity (Wildman–Crippen MR) is 68.3 cm³/mol. The third-order valence-electron chi connectivity index (χ3n) is 2.57. The largest absolute Gasteiger partial charge is 0.466 e. The maximum Gasteiger partial charge on any atom is 0.255 e. The van der Waals surface area contributed by atoms with Crippen LogP contribution in [0.5, 0.6) is 0 Å². The van der Waals surface area contributed by atoms with Crippen LogP contribution in [0.4, 0.5) is 0 Å². The standard InChI is InChI=1S/C12H18BrNO2/c1-7-8(2)16-9(3)10(7)11(15)14-12(4,5)6-13/h6H2,1-5H3,(H,14,15). The van der Waals surface area contributed by atoms with Gasteiger partial charge in [0.05, 0.1) is 5.56 Å². The molecule has 0 aromatic carbocycles. The molecule has 0 fully saturated rings. The molecule has 0 bridgehead atoms. The van der Waals surface area contributed by atoms with Crippen LogP contribution in [0.25, 0.3) is 0 Å². The van der Waals surface area contributed by atoms with E-state index in [1.165, 1.54) is 0 Å². The summed E-state index contributed by atoms with van der Waals surface area (Å²) in [4.78, 5) is 12.1. The van der Waals surface area contributed by atoms with Crippen molar-refractivity contribution in [3.63, 3.8) is 0 Å². The topological polar surface area (TPSA) is 42.2 Å². The van der Waals surface area contributed by atoms with Crippen LogP contribution in [0.15, 0.2) is 4.42 Å². The fraction of sp³-hybridized carbons (Fsp3) is 0.583. The van der Waals surface area contributed by atoms with Gasteiger partial charge < -0.3 is 9.73 Å². The van der Waals surface area contributed by atoms with Gasteiger partial charge in [-0.1, -0.05) is 15.9 Å². The average molecular weight is 288 g/mol. The maximum atomic E-state index is 12.1. The van der Waals surface area contributed by atoms with Crippen molar-refractivity contribution < 1.29 is 9.21 Å². The highest BCUT2D eigenvalue weighted by atomic mass is 79.9. The second kappa shape index (κ2) is 4.62. The third kappa shape index (κ3) is 2.67. The van der Waals surface area contributed by atoms with E-state index in [2.05, 4.69) is 21.2 Å². The Morgan fingerprint density at radius 1 is 1.31 bits per heavy atom. The molecule has 0 saturated carbocycles. The number of furan rings is 1. The van der Waals surface area contributed by atoms with E-state index in [-0.39, 0.29) is 11.4 Å². The first-order valence-electron chi connectivity index (χ1n) is 5.23. The molecule has 0 aliphatic heterocycles. The van der Waals surface area contributed by atoms with Crippen molar-refractivity contribution in [1.29, 1.82) is 0 Å². The van der Waals surface area contributed by atoms with E-state index in [1.807, 2.05) is 34.6 Å². The van der Waals surface area contributed by atoms with Crippen LogP contribution in [0.2, 0.25) is 0 Å². The molecule has 0 saturated heterocycles. The summed E-state index contributed by atoms with van der Waals surface area (Å²) >= 11 is 3.38. The Morgan fingerprint density at radius 2 is 1.88 bits per heavy atom. The van der Waals surface area contributed by atoms with Crippen molar-refractivity contribution in [1.82, 2.24) is 5.32 Å². The summed E-state index contributed by atoms with van der Waals surface area (Å²) in [5, 5.41) is 3.68. The van der Waals surface area contributed by atoms with Crippen LogP contribution in [0.1, 0.15) is 41.3 Å². The second-order valence-electron chi connectivity index (χ2n) is 4.69. The molecule has 1 N–H and O–H groups in total. The first kappa shape index (κ1) is 13.3. The maximum absolute atomic E-state index is 12.1. The molecular formula is C12H18BrNO2. The van der Waals surface area contributed by atoms with Gasteiger partial charge in [0.25, 0.3) is 5.91 Å². The molecule has 4 heteroatoms. The molecule has 0 aliphatic rings. The van der Waals surface area contributed by atoms with Crippen LogP contribution in [0.3, 0.4) is 0 Å². The van der Waals surface area contributed by atoms with Crippen molar-refractivity contribution in [2.24, 2.45) is 0 Å². The summed E-state index contributed by atoms with van der Waals surface area (Å²) < 4.78 is 5.44. The van der Waals surface area contributed by atoms with E-state index in [4.69, 9.17) is 4.42 Å². The smallest absolute Gasteiger partial charge is 0.255 e. The summed E-state index contributed by atoms with van der Waals surface area (Å²) in [6.45, 7) is 9.53. The van der Waals surface area contributed by atoms with Gasteiger partial charge in [-0.3, -0.25) is 4.79 Å². The van der Waals surface area contributed by atoms with Gasteiger partial charge in [-0.15, -0.1) is 0 Å². The summed E-state index contributed by atoms with van der Waals surface area (Å²) in [6, 6.07) is 0. The number of aryl methyl sites for hydroxylation is 2. The fourth-order valence-electron chi connectivity index (χ4n) is 1.53. The summed E-state index contributed by atoms with van der Waals surface area (Å²) in [5.74, 6) is 1.41. The molecular weight excluding hydrogens is 270 g/mol. The van der Waals surface area contributed by atoms with E-state index >= 15 is 0 Å². The number of carbonyl (C=O) groups excluding carboxylic acids is 1. The number of rotatable bonds is 3. The SMILES string of the molecule is Cc1oc(C)c(C(=O)NC(C)(C)CBr)c1C. The van der Waals surface area contributed by atoms with Gasteiger partial charge in [0.1, 0.15) is 11.5 Å². The second-order valence-corrected chi connectivity index (χ2v) is 5.25. The van der Waals surface area contributed by atoms with Crippen LogP contribution < -0.4 is 5.32 Å². The molecule has 0 atom stereocenters. The minimum atomic E-state index is -0.263. The van der Waals surface area contributed by atoms with E-state index < -0.39 is 0 Å². The van der Waals surface area contributed by atoms with Gasteiger partial charge in [-0.25, -0.2) is 0 Å². The van der Waals surface area contributed by atoms with Gasteiger partial charge in [-0.05, 0) is 34.6 Å². The molecule has 0 unspecified atom stereocenters. The lowest BCUT2D eigenvalue weighted by Crippen LogP contribution is -2.45. The van der Waals surface area contributed by atoms with Gasteiger partial charge in [0.2, 0.25) is 0 Å². The van der Waals surface area contributed by atoms with Crippen LogP contribution in [-0.2, 0) is 0 Å². The summed E-state index contributed by atoms with van der Waals surface area (Å²) in [7, 11) is 0. The Bertz CT molecular complexity index is 407. The van der Waals surface area contributed by atoms with Gasteiger partial charge >= 0.3 is 0 Å². The number of hydrogen-bond donors (Lipinski definition) is 1. The Balaban J connectivity index is 2.98. The van der Waals surface area contributed by atoms with Crippen LogP contribution >= 0.6 is 15.9 Å². The predicted octanol–water partition coefficient (Wildman–Crippen LogP) is 3.11. The molecule has 0 radical (unpaired) electrons. The van der Waals surface area contributed by atoms with E-state index in [0.717, 1.165) is 11.3 Å². The van der Waals surface area contributed by atoms with Gasteiger partial charge in [0, 0.05) is 16.4 Å². The van der Waals surface area contributed by atoms with Crippen molar-refractivity contribution >= 4 is 21.8 Å². The number of hydrogen-bond acceptors (Lipinski definition) is 2. The molecule has 0 spiro atoms. The number of carbonyl (C=O) groups is 1. The average Bonchev–Trinajstić information content (AvgIpc) is 2.40. The van der Waals surface area contributed by atoms with E-state index in [9.17, 15) is 4.79 Å². The zero-order valence-electron chi connectivity index (χ0n) is 10.4. The van der Waals surface area contributed by atoms with Crippen molar-refractivity contribution in [3.8, 4) is 0 Å². The first-order chi connectivity index (χ1) is 7.28.